The number of carbonyl (C=O) groups is 1. The number of carbonyl (C=O) groups excluding carboxylic acids is 1. The Hall–Kier alpha value is -2.14. The molecule has 2 atom stereocenters. The molecule has 1 aromatic heterocycles. The number of likely N-dealkylation sites (tertiary alicyclic amines) is 1. The number of nitrogens with zero attached hydrogens (tertiary/aromatic N) is 2. The van der Waals surface area contributed by atoms with E-state index in [0.29, 0.717) is 18.8 Å². The fourth-order valence-corrected chi connectivity index (χ4v) is 2.75. The number of β-amino-alcohol motifs (C(OH)–C–C–N with tert-alkyl or cyclic N) is 1. The molecule has 1 amide bonds. The van der Waals surface area contributed by atoms with Gasteiger partial charge in [-0.05, 0) is 36.6 Å². The molecule has 0 saturated carbocycles. The van der Waals surface area contributed by atoms with E-state index in [2.05, 4.69) is 4.98 Å². The zero-order valence-electron chi connectivity index (χ0n) is 12.8. The van der Waals surface area contributed by atoms with Gasteiger partial charge in [0.2, 0.25) is 0 Å². The average Bonchev–Trinajstić information content (AvgIpc) is 2.55. The highest BCUT2D eigenvalue weighted by molar-refractivity contribution is 5.95. The van der Waals surface area contributed by atoms with Crippen LogP contribution in [0.5, 0.6) is 5.75 Å². The van der Waals surface area contributed by atoms with Crippen LogP contribution in [0.4, 0.5) is 0 Å². The van der Waals surface area contributed by atoms with Crippen LogP contribution in [-0.4, -0.2) is 47.2 Å². The van der Waals surface area contributed by atoms with E-state index in [4.69, 9.17) is 4.74 Å². The molecule has 2 unspecified atom stereocenters. The quantitative estimate of drug-likeness (QED) is 0.922. The van der Waals surface area contributed by atoms with Gasteiger partial charge in [-0.25, -0.2) is 4.98 Å². The molecule has 1 aromatic carbocycles. The van der Waals surface area contributed by atoms with Crippen LogP contribution in [0.25, 0.3) is 10.9 Å². The van der Waals surface area contributed by atoms with Gasteiger partial charge in [-0.15, -0.1) is 0 Å². The van der Waals surface area contributed by atoms with Gasteiger partial charge >= 0.3 is 0 Å². The summed E-state index contributed by atoms with van der Waals surface area (Å²) in [4.78, 5) is 18.7. The van der Waals surface area contributed by atoms with Gasteiger partial charge < -0.3 is 14.7 Å². The van der Waals surface area contributed by atoms with Crippen molar-refractivity contribution in [2.45, 2.75) is 19.4 Å². The summed E-state index contributed by atoms with van der Waals surface area (Å²) in [6, 6.07) is 9.17. The molecule has 1 N–H and O–H groups in total. The van der Waals surface area contributed by atoms with Crippen LogP contribution in [0, 0.1) is 5.92 Å². The van der Waals surface area contributed by atoms with Crippen LogP contribution in [0.3, 0.4) is 0 Å². The van der Waals surface area contributed by atoms with E-state index >= 15 is 0 Å². The number of hydrogen-bond donors (Lipinski definition) is 1. The van der Waals surface area contributed by atoms with Gasteiger partial charge in [0.25, 0.3) is 5.91 Å². The van der Waals surface area contributed by atoms with E-state index in [9.17, 15) is 9.90 Å². The lowest BCUT2D eigenvalue weighted by Crippen LogP contribution is -2.46. The van der Waals surface area contributed by atoms with Crippen molar-refractivity contribution < 1.29 is 14.6 Å². The molecule has 3 rings (SSSR count). The first-order valence-electron chi connectivity index (χ1n) is 7.50. The van der Waals surface area contributed by atoms with Crippen molar-refractivity contribution in [2.75, 3.05) is 20.2 Å². The molecular formula is C17H20N2O3. The minimum atomic E-state index is -0.456. The monoisotopic (exact) mass is 300 g/mol. The largest absolute Gasteiger partial charge is 0.497 e. The summed E-state index contributed by atoms with van der Waals surface area (Å²) in [6.07, 6.45) is 0.361. The number of aliphatic hydroxyl groups excluding tert-OH is 1. The average molecular weight is 300 g/mol. The number of amides is 1. The van der Waals surface area contributed by atoms with Crippen LogP contribution in [-0.2, 0) is 0 Å². The molecule has 1 aliphatic rings. The van der Waals surface area contributed by atoms with Crippen LogP contribution in [0.15, 0.2) is 30.3 Å². The highest BCUT2D eigenvalue weighted by Crippen LogP contribution is 2.22. The summed E-state index contributed by atoms with van der Waals surface area (Å²) in [6.45, 7) is 3.05. The number of pyridine rings is 1. The standard InChI is InChI=1S/C17H20N2O3/c1-11-7-8-19(10-16(11)20)17(21)15-5-3-12-9-13(22-2)4-6-14(12)18-15/h3-6,9,11,16,20H,7-8,10H2,1-2H3. The molecule has 1 fully saturated rings. The minimum Gasteiger partial charge on any atom is -0.497 e. The smallest absolute Gasteiger partial charge is 0.272 e. The number of methoxy groups -OCH3 is 1. The molecule has 0 radical (unpaired) electrons. The zero-order chi connectivity index (χ0) is 15.7. The summed E-state index contributed by atoms with van der Waals surface area (Å²) >= 11 is 0. The van der Waals surface area contributed by atoms with Gasteiger partial charge in [-0.1, -0.05) is 13.0 Å². The van der Waals surface area contributed by atoms with Crippen LogP contribution in [0.2, 0.25) is 0 Å². The third-order valence-electron chi connectivity index (χ3n) is 4.32. The fraction of sp³-hybridized carbons (Fsp3) is 0.412. The van der Waals surface area contributed by atoms with E-state index in [0.717, 1.165) is 23.1 Å². The molecule has 22 heavy (non-hydrogen) atoms. The number of piperidine rings is 1. The molecule has 0 aliphatic carbocycles. The third kappa shape index (κ3) is 2.76. The topological polar surface area (TPSA) is 62.7 Å². The summed E-state index contributed by atoms with van der Waals surface area (Å²) in [5.74, 6) is 0.881. The fourth-order valence-electron chi connectivity index (χ4n) is 2.75. The maximum atomic E-state index is 12.5. The number of fused-ring (bicyclic) bond motifs is 1. The van der Waals surface area contributed by atoms with Gasteiger partial charge in [0.1, 0.15) is 11.4 Å². The molecule has 0 spiro atoms. The molecule has 1 aliphatic heterocycles. The Morgan fingerprint density at radius 3 is 2.91 bits per heavy atom. The van der Waals surface area contributed by atoms with Crippen molar-refractivity contribution in [3.05, 3.63) is 36.0 Å². The van der Waals surface area contributed by atoms with Crippen molar-refractivity contribution in [3.8, 4) is 5.75 Å². The Balaban J connectivity index is 1.85. The Morgan fingerprint density at radius 2 is 2.18 bits per heavy atom. The predicted molar refractivity (Wildman–Crippen MR) is 84.0 cm³/mol. The van der Waals surface area contributed by atoms with Crippen LogP contribution in [0.1, 0.15) is 23.8 Å². The Morgan fingerprint density at radius 1 is 1.36 bits per heavy atom. The second kappa shape index (κ2) is 5.93. The van der Waals surface area contributed by atoms with Crippen LogP contribution >= 0.6 is 0 Å². The van der Waals surface area contributed by atoms with Gasteiger partial charge in [-0.3, -0.25) is 4.79 Å². The lowest BCUT2D eigenvalue weighted by molar-refractivity contribution is 0.0245. The maximum Gasteiger partial charge on any atom is 0.272 e. The Labute approximate surface area is 129 Å². The summed E-state index contributed by atoms with van der Waals surface area (Å²) in [5, 5.41) is 10.9. The van der Waals surface area contributed by atoms with Crippen molar-refractivity contribution >= 4 is 16.8 Å². The number of rotatable bonds is 2. The second-order valence-electron chi connectivity index (χ2n) is 5.84. The lowest BCUT2D eigenvalue weighted by Gasteiger charge is -2.34. The second-order valence-corrected chi connectivity index (χ2v) is 5.84. The molecule has 2 heterocycles. The van der Waals surface area contributed by atoms with Crippen molar-refractivity contribution in [1.82, 2.24) is 9.88 Å². The first-order valence-corrected chi connectivity index (χ1v) is 7.50. The SMILES string of the molecule is COc1ccc2nc(C(=O)N3CCC(C)C(O)C3)ccc2c1. The predicted octanol–water partition coefficient (Wildman–Crippen LogP) is 2.09. The van der Waals surface area contributed by atoms with Crippen molar-refractivity contribution in [2.24, 2.45) is 5.92 Å². The molecule has 2 aromatic rings. The maximum absolute atomic E-state index is 12.5. The Bertz CT molecular complexity index is 701. The summed E-state index contributed by atoms with van der Waals surface area (Å²) < 4.78 is 5.19. The van der Waals surface area contributed by atoms with E-state index in [1.54, 1.807) is 18.1 Å². The number of aromatic nitrogens is 1. The highest BCUT2D eigenvalue weighted by atomic mass is 16.5. The van der Waals surface area contributed by atoms with Gasteiger partial charge in [0.05, 0.1) is 18.7 Å². The minimum absolute atomic E-state index is 0.122. The summed E-state index contributed by atoms with van der Waals surface area (Å²) in [5.41, 5.74) is 1.18. The lowest BCUT2D eigenvalue weighted by atomic mass is 9.96. The van der Waals surface area contributed by atoms with E-state index in [1.165, 1.54) is 0 Å². The normalized spacial score (nSPS) is 21.9. The molecular weight excluding hydrogens is 280 g/mol. The zero-order valence-corrected chi connectivity index (χ0v) is 12.8. The molecule has 5 nitrogen and oxygen atoms in total. The van der Waals surface area contributed by atoms with Gasteiger partial charge in [0.15, 0.2) is 0 Å². The first-order chi connectivity index (χ1) is 10.6. The molecule has 116 valence electrons. The number of ether oxygens (including phenoxy) is 1. The molecule has 0 bridgehead atoms. The number of hydrogen-bond acceptors (Lipinski definition) is 4. The number of benzene rings is 1. The van der Waals surface area contributed by atoms with Gasteiger partial charge in [-0.2, -0.15) is 0 Å². The van der Waals surface area contributed by atoms with Crippen molar-refractivity contribution in [1.29, 1.82) is 0 Å². The summed E-state index contributed by atoms with van der Waals surface area (Å²) in [7, 11) is 1.62. The van der Waals surface area contributed by atoms with Crippen LogP contribution < -0.4 is 4.74 Å². The van der Waals surface area contributed by atoms with E-state index in [-0.39, 0.29) is 11.8 Å². The van der Waals surface area contributed by atoms with E-state index < -0.39 is 6.10 Å². The van der Waals surface area contributed by atoms with Crippen molar-refractivity contribution in [3.63, 3.8) is 0 Å². The Kier molecular flexibility index (Phi) is 3.98. The highest BCUT2D eigenvalue weighted by Gasteiger charge is 2.28. The third-order valence-corrected chi connectivity index (χ3v) is 4.32. The number of aliphatic hydroxyl groups is 1. The molecule has 5 heteroatoms. The molecule has 1 saturated heterocycles. The van der Waals surface area contributed by atoms with E-state index in [1.807, 2.05) is 31.2 Å². The van der Waals surface area contributed by atoms with Gasteiger partial charge in [0, 0.05) is 18.5 Å². The first kappa shape index (κ1) is 14.8.